The summed E-state index contributed by atoms with van der Waals surface area (Å²) >= 11 is 1.32. The van der Waals surface area contributed by atoms with Crippen LogP contribution >= 0.6 is 11.8 Å². The molecule has 1 fully saturated rings. The Bertz CT molecular complexity index is 280. The Morgan fingerprint density at radius 3 is 2.47 bits per heavy atom. The molecule has 0 saturated carbocycles. The number of likely N-dealkylation sites (tertiary alicyclic amines) is 1. The predicted molar refractivity (Wildman–Crippen MR) is 68.0 cm³/mol. The van der Waals surface area contributed by atoms with Gasteiger partial charge in [0.15, 0.2) is 0 Å². The zero-order valence-electron chi connectivity index (χ0n) is 10.1. The van der Waals surface area contributed by atoms with E-state index in [9.17, 15) is 9.59 Å². The second-order valence-electron chi connectivity index (χ2n) is 4.31. The average Bonchev–Trinajstić information content (AvgIpc) is 2.35. The van der Waals surface area contributed by atoms with Crippen LogP contribution in [0.5, 0.6) is 0 Å². The zero-order valence-corrected chi connectivity index (χ0v) is 10.9. The molecule has 17 heavy (non-hydrogen) atoms. The van der Waals surface area contributed by atoms with E-state index in [0.29, 0.717) is 0 Å². The molecule has 0 aromatic heterocycles. The van der Waals surface area contributed by atoms with Gasteiger partial charge in [-0.2, -0.15) is 0 Å². The molecule has 1 rings (SSSR count). The standard InChI is InChI=1S/C11H20N2O3S/c1-8(17-7-9(12)11(15)16)10(14)13-5-3-2-4-6-13/h8-9H,2-7,12H2,1H3,(H,15,16). The molecule has 1 aliphatic heterocycles. The van der Waals surface area contributed by atoms with Crippen LogP contribution in [0.25, 0.3) is 0 Å². The van der Waals surface area contributed by atoms with Crippen LogP contribution in [0.3, 0.4) is 0 Å². The monoisotopic (exact) mass is 260 g/mol. The predicted octanol–water partition coefficient (Wildman–Crippen LogP) is 0.532. The summed E-state index contributed by atoms with van der Waals surface area (Å²) in [6.07, 6.45) is 3.32. The number of thioether (sulfide) groups is 1. The number of piperidine rings is 1. The largest absolute Gasteiger partial charge is 0.480 e. The third-order valence-electron chi connectivity index (χ3n) is 2.86. The maximum atomic E-state index is 12.0. The molecule has 0 spiro atoms. The van der Waals surface area contributed by atoms with Gasteiger partial charge in [-0.25, -0.2) is 0 Å². The summed E-state index contributed by atoms with van der Waals surface area (Å²) in [7, 11) is 0. The van der Waals surface area contributed by atoms with E-state index in [4.69, 9.17) is 10.8 Å². The number of hydrogen-bond acceptors (Lipinski definition) is 4. The number of hydrogen-bond donors (Lipinski definition) is 2. The van der Waals surface area contributed by atoms with Crippen molar-refractivity contribution in [3.8, 4) is 0 Å². The SMILES string of the molecule is CC(SCC(N)C(=O)O)C(=O)N1CCCCC1. The second-order valence-corrected chi connectivity index (χ2v) is 5.68. The van der Waals surface area contributed by atoms with E-state index in [1.165, 1.54) is 18.2 Å². The van der Waals surface area contributed by atoms with E-state index in [1.54, 1.807) is 0 Å². The molecule has 1 aliphatic rings. The molecule has 1 heterocycles. The number of nitrogens with two attached hydrogens (primary N) is 1. The molecular weight excluding hydrogens is 240 g/mol. The van der Waals surface area contributed by atoms with Crippen molar-refractivity contribution in [1.82, 2.24) is 4.90 Å². The summed E-state index contributed by atoms with van der Waals surface area (Å²) in [5, 5.41) is 8.44. The maximum Gasteiger partial charge on any atom is 0.321 e. The lowest BCUT2D eigenvalue weighted by Crippen LogP contribution is -2.41. The highest BCUT2D eigenvalue weighted by molar-refractivity contribution is 8.00. The van der Waals surface area contributed by atoms with Gasteiger partial charge in [0.1, 0.15) is 6.04 Å². The molecule has 6 heteroatoms. The van der Waals surface area contributed by atoms with Crippen LogP contribution in [0.4, 0.5) is 0 Å². The molecular formula is C11H20N2O3S. The normalized spacial score (nSPS) is 19.8. The van der Waals surface area contributed by atoms with Gasteiger partial charge in [0.2, 0.25) is 5.91 Å². The fraction of sp³-hybridized carbons (Fsp3) is 0.818. The van der Waals surface area contributed by atoms with Crippen molar-refractivity contribution in [2.24, 2.45) is 5.73 Å². The minimum atomic E-state index is -1.02. The van der Waals surface area contributed by atoms with Gasteiger partial charge < -0.3 is 15.7 Å². The maximum absolute atomic E-state index is 12.0. The summed E-state index contributed by atoms with van der Waals surface area (Å²) in [6, 6.07) is -0.892. The summed E-state index contributed by atoms with van der Waals surface area (Å²) in [4.78, 5) is 24.4. The van der Waals surface area contributed by atoms with Crippen LogP contribution < -0.4 is 5.73 Å². The van der Waals surface area contributed by atoms with Crippen molar-refractivity contribution in [1.29, 1.82) is 0 Å². The van der Waals surface area contributed by atoms with Crippen molar-refractivity contribution in [2.75, 3.05) is 18.8 Å². The van der Waals surface area contributed by atoms with E-state index in [1.807, 2.05) is 11.8 Å². The lowest BCUT2D eigenvalue weighted by molar-refractivity contribution is -0.138. The van der Waals surface area contributed by atoms with E-state index in [0.717, 1.165) is 25.9 Å². The highest BCUT2D eigenvalue weighted by atomic mass is 32.2. The van der Waals surface area contributed by atoms with E-state index in [-0.39, 0.29) is 16.9 Å². The van der Waals surface area contributed by atoms with Crippen LogP contribution in [0.1, 0.15) is 26.2 Å². The Balaban J connectivity index is 2.33. The molecule has 2 unspecified atom stereocenters. The van der Waals surface area contributed by atoms with Crippen LogP contribution in [0.2, 0.25) is 0 Å². The van der Waals surface area contributed by atoms with E-state index in [2.05, 4.69) is 0 Å². The molecule has 2 atom stereocenters. The van der Waals surface area contributed by atoms with Crippen LogP contribution in [-0.2, 0) is 9.59 Å². The van der Waals surface area contributed by atoms with Gasteiger partial charge in [-0.05, 0) is 26.2 Å². The summed E-state index contributed by atoms with van der Waals surface area (Å²) in [5.41, 5.74) is 5.40. The first kappa shape index (κ1) is 14.3. The van der Waals surface area contributed by atoms with Crippen molar-refractivity contribution >= 4 is 23.6 Å². The number of carbonyl (C=O) groups is 2. The van der Waals surface area contributed by atoms with Gasteiger partial charge >= 0.3 is 5.97 Å². The second kappa shape index (κ2) is 6.86. The zero-order chi connectivity index (χ0) is 12.8. The molecule has 0 aromatic rings. The first-order valence-electron chi connectivity index (χ1n) is 5.91. The van der Waals surface area contributed by atoms with E-state index >= 15 is 0 Å². The number of carboxylic acid groups (broad SMARTS) is 1. The Morgan fingerprint density at radius 2 is 1.94 bits per heavy atom. The molecule has 3 N–H and O–H groups in total. The van der Waals surface area contributed by atoms with Gasteiger partial charge in [0.05, 0.1) is 5.25 Å². The number of rotatable bonds is 5. The number of amides is 1. The van der Waals surface area contributed by atoms with Crippen LogP contribution in [0, 0.1) is 0 Å². The molecule has 1 saturated heterocycles. The van der Waals surface area contributed by atoms with Crippen LogP contribution in [-0.4, -0.2) is 52.0 Å². The van der Waals surface area contributed by atoms with Crippen molar-refractivity contribution in [3.05, 3.63) is 0 Å². The molecule has 98 valence electrons. The minimum absolute atomic E-state index is 0.104. The van der Waals surface area contributed by atoms with Gasteiger partial charge in [-0.1, -0.05) is 0 Å². The molecule has 0 aromatic carbocycles. The van der Waals surface area contributed by atoms with Crippen molar-refractivity contribution < 1.29 is 14.7 Å². The lowest BCUT2D eigenvalue weighted by Gasteiger charge is -2.29. The lowest BCUT2D eigenvalue weighted by atomic mass is 10.1. The first-order chi connectivity index (χ1) is 8.02. The highest BCUT2D eigenvalue weighted by Crippen LogP contribution is 2.17. The van der Waals surface area contributed by atoms with Gasteiger partial charge in [-0.15, -0.1) is 11.8 Å². The van der Waals surface area contributed by atoms with Gasteiger partial charge in [0, 0.05) is 18.8 Å². The molecule has 0 aliphatic carbocycles. The minimum Gasteiger partial charge on any atom is -0.480 e. The van der Waals surface area contributed by atoms with Crippen LogP contribution in [0.15, 0.2) is 0 Å². The number of aliphatic carboxylic acids is 1. The van der Waals surface area contributed by atoms with E-state index < -0.39 is 12.0 Å². The Kier molecular flexibility index (Phi) is 5.77. The average molecular weight is 260 g/mol. The highest BCUT2D eigenvalue weighted by Gasteiger charge is 2.23. The topological polar surface area (TPSA) is 83.6 Å². The molecule has 5 nitrogen and oxygen atoms in total. The number of carboxylic acids is 1. The molecule has 0 radical (unpaired) electrons. The third-order valence-corrected chi connectivity index (χ3v) is 4.11. The first-order valence-corrected chi connectivity index (χ1v) is 6.96. The van der Waals surface area contributed by atoms with Crippen molar-refractivity contribution in [2.45, 2.75) is 37.5 Å². The summed E-state index contributed by atoms with van der Waals surface area (Å²) in [5.74, 6) is -0.641. The fourth-order valence-corrected chi connectivity index (χ4v) is 2.69. The Morgan fingerprint density at radius 1 is 1.35 bits per heavy atom. The molecule has 0 bridgehead atoms. The quantitative estimate of drug-likeness (QED) is 0.753. The summed E-state index contributed by atoms with van der Waals surface area (Å²) in [6.45, 7) is 3.47. The third kappa shape index (κ3) is 4.55. The number of nitrogens with zero attached hydrogens (tertiary/aromatic N) is 1. The van der Waals surface area contributed by atoms with Crippen molar-refractivity contribution in [3.63, 3.8) is 0 Å². The van der Waals surface area contributed by atoms with Gasteiger partial charge in [0.25, 0.3) is 0 Å². The summed E-state index contributed by atoms with van der Waals surface area (Å²) < 4.78 is 0. The smallest absolute Gasteiger partial charge is 0.321 e. The fourth-order valence-electron chi connectivity index (χ4n) is 1.76. The Labute approximate surface area is 106 Å². The Hall–Kier alpha value is -0.750. The molecule has 1 amide bonds. The van der Waals surface area contributed by atoms with Gasteiger partial charge in [-0.3, -0.25) is 9.59 Å². The number of carbonyl (C=O) groups excluding carboxylic acids is 1.